The Hall–Kier alpha value is -3.67. The molecule has 2 bridgehead atoms. The van der Waals surface area contributed by atoms with Crippen LogP contribution in [-0.4, -0.2) is 74.8 Å². The van der Waals surface area contributed by atoms with Crippen molar-refractivity contribution in [2.24, 2.45) is 5.92 Å². The summed E-state index contributed by atoms with van der Waals surface area (Å²) in [5.41, 5.74) is 1.73. The number of likely N-dealkylation sites (tertiary alicyclic amines) is 1. The number of hydrogen-bond donors (Lipinski definition) is 0. The number of carbonyl (C=O) groups excluding carboxylic acids is 2. The lowest BCUT2D eigenvalue weighted by Crippen LogP contribution is -2.54. The summed E-state index contributed by atoms with van der Waals surface area (Å²) in [6.45, 7) is 5.20. The van der Waals surface area contributed by atoms with Gasteiger partial charge >= 0.3 is 11.9 Å². The van der Waals surface area contributed by atoms with Gasteiger partial charge in [-0.25, -0.2) is 9.78 Å². The number of nitrogens with one attached hydrogen (secondary N) is 1. The van der Waals surface area contributed by atoms with Crippen molar-refractivity contribution in [2.75, 3.05) is 46.9 Å². The number of nitrogens with zero attached hydrogens (tertiary/aromatic N) is 2. The highest BCUT2D eigenvalue weighted by Crippen LogP contribution is 2.40. The lowest BCUT2D eigenvalue weighted by Gasteiger charge is -2.46. The first-order valence-corrected chi connectivity index (χ1v) is 19.4. The number of H-pyrrole nitrogens is 1. The minimum absolute atomic E-state index is 0.0237. The first-order chi connectivity index (χ1) is 25.3. The zero-order valence-electron chi connectivity index (χ0n) is 29.4. The molecule has 4 aromatic rings. The van der Waals surface area contributed by atoms with Gasteiger partial charge in [-0.2, -0.15) is 0 Å². The molecule has 52 heavy (non-hydrogen) atoms. The Morgan fingerprint density at radius 2 is 1.63 bits per heavy atom. The van der Waals surface area contributed by atoms with Crippen LogP contribution in [0, 0.1) is 5.92 Å². The lowest BCUT2D eigenvalue weighted by molar-refractivity contribution is -0.377. The average molecular weight is 766 g/mol. The molecular weight excluding hydrogens is 721 g/mol. The van der Waals surface area contributed by atoms with Crippen LogP contribution in [0.2, 0.25) is 10.0 Å². The van der Waals surface area contributed by atoms with Gasteiger partial charge in [-0.15, -0.1) is 11.3 Å². The fraction of sp³-hybridized carbons (Fsp3) is 0.425. The van der Waals surface area contributed by atoms with E-state index in [1.54, 1.807) is 38.7 Å². The monoisotopic (exact) mass is 764 g/mol. The molecule has 1 N–H and O–H groups in total. The Bertz CT molecular complexity index is 1850. The predicted molar refractivity (Wildman–Crippen MR) is 200 cm³/mol. The van der Waals surface area contributed by atoms with Crippen molar-refractivity contribution in [2.45, 2.75) is 56.3 Å². The van der Waals surface area contributed by atoms with Crippen LogP contribution < -0.4 is 14.5 Å². The van der Waals surface area contributed by atoms with E-state index in [2.05, 4.69) is 26.9 Å². The average Bonchev–Trinajstić information content (AvgIpc) is 3.65. The van der Waals surface area contributed by atoms with Crippen molar-refractivity contribution >= 4 is 46.5 Å². The topological polar surface area (TPSA) is 91.7 Å². The molecule has 2 atom stereocenters. The minimum atomic E-state index is -0.704. The highest BCUT2D eigenvalue weighted by Gasteiger charge is 2.47. The van der Waals surface area contributed by atoms with Crippen LogP contribution >= 0.6 is 34.5 Å². The Balaban J connectivity index is 1.03. The minimum Gasteiger partial charge on any atom is -0.493 e. The second kappa shape index (κ2) is 16.1. The summed E-state index contributed by atoms with van der Waals surface area (Å²) >= 11 is 14.4. The van der Waals surface area contributed by atoms with Gasteiger partial charge in [-0.05, 0) is 93.2 Å². The molecule has 4 aliphatic rings. The van der Waals surface area contributed by atoms with Crippen molar-refractivity contribution < 1.29 is 33.5 Å². The number of hydrogen-bond acceptors (Lipinski definition) is 9. The fourth-order valence-corrected chi connectivity index (χ4v) is 9.34. The van der Waals surface area contributed by atoms with Gasteiger partial charge in [-0.1, -0.05) is 59.6 Å². The molecule has 8 rings (SSSR count). The number of thiophene rings is 1. The number of benzene rings is 2. The molecule has 6 heterocycles. The normalized spacial score (nSPS) is 21.7. The number of carbonyl (C=O) groups is 2. The van der Waals surface area contributed by atoms with Crippen LogP contribution in [0.5, 0.6) is 11.5 Å². The number of halogens is 2. The van der Waals surface area contributed by atoms with Crippen LogP contribution in [0.1, 0.15) is 63.0 Å². The number of rotatable bonds is 12. The number of methoxy groups -OCH3 is 2. The van der Waals surface area contributed by atoms with E-state index in [1.165, 1.54) is 11.3 Å². The van der Waals surface area contributed by atoms with Crippen LogP contribution in [0.3, 0.4) is 0 Å². The maximum atomic E-state index is 14.1. The van der Waals surface area contributed by atoms with Crippen molar-refractivity contribution in [3.05, 3.63) is 110 Å². The first-order valence-electron chi connectivity index (χ1n) is 17.8. The Morgan fingerprint density at radius 1 is 0.923 bits per heavy atom. The molecule has 274 valence electrons. The van der Waals surface area contributed by atoms with Crippen molar-refractivity contribution in [3.63, 3.8) is 0 Å². The molecule has 0 aliphatic carbocycles. The van der Waals surface area contributed by atoms with Crippen molar-refractivity contribution in [1.29, 1.82) is 0 Å². The van der Waals surface area contributed by atoms with E-state index in [0.717, 1.165) is 56.0 Å². The van der Waals surface area contributed by atoms with Crippen LogP contribution in [0.25, 0.3) is 0 Å². The van der Waals surface area contributed by atoms with Gasteiger partial charge in [-0.3, -0.25) is 14.6 Å². The summed E-state index contributed by atoms with van der Waals surface area (Å²) in [5.74, 6) is 1.02. The van der Waals surface area contributed by atoms with Gasteiger partial charge in [0.25, 0.3) is 0 Å². The molecule has 12 heteroatoms. The molecule has 0 spiro atoms. The summed E-state index contributed by atoms with van der Waals surface area (Å²) in [6.07, 6.45) is 6.37. The fourth-order valence-electron chi connectivity index (χ4n) is 7.87. The Labute approximate surface area is 318 Å². The molecule has 0 radical (unpaired) electrons. The summed E-state index contributed by atoms with van der Waals surface area (Å²) in [5, 5.41) is 0.884. The number of pyridine rings is 1. The molecule has 9 nitrogen and oxygen atoms in total. The summed E-state index contributed by atoms with van der Waals surface area (Å²) < 4.78 is 23.5. The molecule has 0 saturated carbocycles. The van der Waals surface area contributed by atoms with Gasteiger partial charge in [0, 0.05) is 30.0 Å². The van der Waals surface area contributed by atoms with Gasteiger partial charge in [0.1, 0.15) is 27.1 Å². The van der Waals surface area contributed by atoms with E-state index < -0.39 is 17.5 Å². The molecule has 2 aromatic carbocycles. The Kier molecular flexibility index (Phi) is 11.4. The van der Waals surface area contributed by atoms with Gasteiger partial charge in [0.15, 0.2) is 23.9 Å². The smallest absolute Gasteiger partial charge is 0.348 e. The lowest BCUT2D eigenvalue weighted by atomic mass is 9.72. The quantitative estimate of drug-likeness (QED) is 0.140. The third-order valence-corrected chi connectivity index (χ3v) is 12.7. The van der Waals surface area contributed by atoms with E-state index in [1.807, 2.05) is 36.4 Å². The van der Waals surface area contributed by atoms with Crippen molar-refractivity contribution in [3.8, 4) is 11.5 Å². The van der Waals surface area contributed by atoms with Crippen LogP contribution in [0.15, 0.2) is 73.1 Å². The first kappa shape index (κ1) is 36.7. The van der Waals surface area contributed by atoms with E-state index in [9.17, 15) is 9.59 Å². The standard InChI is InChI=1S/C40H43Cl2N3O6S/c1-48-33-10-8-27(20-35(33)49-2)34(21-30-31(41)22-43-23-32(30)42)50-38(46)37-11-9-29(52-37)24-45-18-14-40(15-19-45,28-6-4-3-5-7-28)39(47)51-36-25-44-16-12-26(36)13-17-44/h3-11,20,22-23,26,34,36H,12-19,21,24-25H2,1-2H3/p+1/t34-,36-/m0/s1. The maximum absolute atomic E-state index is 14.1. The number of ether oxygens (including phenoxy) is 4. The second-order valence-electron chi connectivity index (χ2n) is 13.9. The summed E-state index contributed by atoms with van der Waals surface area (Å²) in [7, 11) is 3.13. The highest BCUT2D eigenvalue weighted by molar-refractivity contribution is 7.13. The predicted octanol–water partition coefficient (Wildman–Crippen LogP) is 7.20. The molecule has 0 amide bonds. The van der Waals surface area contributed by atoms with Crippen molar-refractivity contribution in [1.82, 2.24) is 9.80 Å². The third-order valence-electron chi connectivity index (χ3n) is 10.9. The molecule has 0 unspecified atom stereocenters. The number of fused-ring (bicyclic) bond motifs is 3. The molecule has 2 aromatic heterocycles. The highest BCUT2D eigenvalue weighted by atomic mass is 35.5. The maximum Gasteiger partial charge on any atom is 0.348 e. The zero-order chi connectivity index (χ0) is 36.2. The summed E-state index contributed by atoms with van der Waals surface area (Å²) in [6, 6.07) is 19.4. The molecular formula is C40H44Cl2N3O6S+. The number of aromatic amines is 1. The van der Waals surface area contributed by atoms with Gasteiger partial charge in [0.2, 0.25) is 0 Å². The Morgan fingerprint density at radius 3 is 2.29 bits per heavy atom. The number of aromatic nitrogens is 1. The number of piperidine rings is 4. The SMILES string of the molecule is COc1ccc([C@H](Cc2c(Cl)c[nH+]cc2Cl)OC(=O)c2ccc(CN3CCC(C(=O)O[C@H]4CN5CCC4CC5)(c4ccccc4)CC3)s2)cc1OC. The van der Waals surface area contributed by atoms with Gasteiger partial charge < -0.3 is 18.9 Å². The summed E-state index contributed by atoms with van der Waals surface area (Å²) in [4.78, 5) is 37.0. The van der Waals surface area contributed by atoms with E-state index in [0.29, 0.717) is 62.9 Å². The largest absolute Gasteiger partial charge is 0.493 e. The second-order valence-corrected chi connectivity index (χ2v) is 15.9. The molecule has 4 fully saturated rings. The zero-order valence-corrected chi connectivity index (χ0v) is 31.8. The van der Waals surface area contributed by atoms with Crippen LogP contribution in [-0.2, 0) is 32.6 Å². The van der Waals surface area contributed by atoms with Gasteiger partial charge in [0.05, 0.1) is 19.6 Å². The third kappa shape index (κ3) is 7.82. The molecule has 4 saturated heterocycles. The van der Waals surface area contributed by atoms with Crippen LogP contribution in [0.4, 0.5) is 0 Å². The van der Waals surface area contributed by atoms with E-state index >= 15 is 0 Å². The molecule has 4 aliphatic heterocycles. The van der Waals surface area contributed by atoms with E-state index in [-0.39, 0.29) is 18.5 Å². The number of esters is 2. The van der Waals surface area contributed by atoms with E-state index in [4.69, 9.17) is 42.1 Å².